The molecule has 0 saturated carbocycles. The van der Waals surface area contributed by atoms with E-state index >= 15 is 0 Å². The summed E-state index contributed by atoms with van der Waals surface area (Å²) in [5.74, 6) is 0.865. The van der Waals surface area contributed by atoms with E-state index in [9.17, 15) is 0 Å². The van der Waals surface area contributed by atoms with Crippen LogP contribution in [0.25, 0.3) is 10.6 Å². The SMILES string of the molecule is CCOc1ccc(/C(=C(\Cl)c2ccccc2)c2ccccc2)cc1. The fraction of sp³-hybridized carbons (Fsp3) is 0.0909. The number of rotatable bonds is 5. The second kappa shape index (κ2) is 7.85. The Labute approximate surface area is 148 Å². The standard InChI is InChI=1S/C22H19ClO/c1-2-24-20-15-13-18(14-16-20)21(17-9-5-3-6-10-17)22(23)19-11-7-4-8-12-19/h3-16H,2H2,1H3/b22-21-. The van der Waals surface area contributed by atoms with Gasteiger partial charge in [-0.25, -0.2) is 0 Å². The minimum Gasteiger partial charge on any atom is -0.494 e. The summed E-state index contributed by atoms with van der Waals surface area (Å²) in [6.07, 6.45) is 0. The van der Waals surface area contributed by atoms with Crippen molar-refractivity contribution in [2.75, 3.05) is 6.61 Å². The maximum absolute atomic E-state index is 6.79. The summed E-state index contributed by atoms with van der Waals surface area (Å²) < 4.78 is 5.54. The first-order valence-electron chi connectivity index (χ1n) is 8.03. The quantitative estimate of drug-likeness (QED) is 0.502. The van der Waals surface area contributed by atoms with E-state index in [4.69, 9.17) is 16.3 Å². The van der Waals surface area contributed by atoms with E-state index in [0.29, 0.717) is 6.61 Å². The van der Waals surface area contributed by atoms with Gasteiger partial charge in [0.25, 0.3) is 0 Å². The Morgan fingerprint density at radius 1 is 0.708 bits per heavy atom. The smallest absolute Gasteiger partial charge is 0.119 e. The molecular weight excluding hydrogens is 316 g/mol. The number of hydrogen-bond acceptors (Lipinski definition) is 1. The predicted octanol–water partition coefficient (Wildman–Crippen LogP) is 6.24. The molecule has 24 heavy (non-hydrogen) atoms. The summed E-state index contributed by atoms with van der Waals surface area (Å²) in [5, 5.41) is 0.742. The van der Waals surface area contributed by atoms with Gasteiger partial charge in [0.2, 0.25) is 0 Å². The van der Waals surface area contributed by atoms with Gasteiger partial charge in [0, 0.05) is 5.57 Å². The van der Waals surface area contributed by atoms with Crippen LogP contribution in [0, 0.1) is 0 Å². The zero-order valence-electron chi connectivity index (χ0n) is 13.6. The summed E-state index contributed by atoms with van der Waals surface area (Å²) in [6, 6.07) is 28.3. The molecule has 0 bridgehead atoms. The van der Waals surface area contributed by atoms with Gasteiger partial charge >= 0.3 is 0 Å². The highest BCUT2D eigenvalue weighted by atomic mass is 35.5. The number of benzene rings is 3. The molecule has 0 radical (unpaired) electrons. The van der Waals surface area contributed by atoms with E-state index in [1.165, 1.54) is 0 Å². The average molecular weight is 335 g/mol. The Morgan fingerprint density at radius 3 is 1.75 bits per heavy atom. The molecular formula is C22H19ClO. The molecule has 3 aromatic carbocycles. The van der Waals surface area contributed by atoms with Crippen LogP contribution in [0.4, 0.5) is 0 Å². The van der Waals surface area contributed by atoms with Gasteiger partial charge in [-0.05, 0) is 35.7 Å². The van der Waals surface area contributed by atoms with Crippen molar-refractivity contribution in [3.63, 3.8) is 0 Å². The van der Waals surface area contributed by atoms with E-state index < -0.39 is 0 Å². The molecule has 2 heteroatoms. The first-order valence-corrected chi connectivity index (χ1v) is 8.41. The van der Waals surface area contributed by atoms with Crippen molar-refractivity contribution >= 4 is 22.2 Å². The first-order chi connectivity index (χ1) is 11.8. The molecule has 0 aliphatic rings. The third-order valence-electron chi connectivity index (χ3n) is 3.76. The second-order valence-corrected chi connectivity index (χ2v) is 5.76. The molecule has 0 aromatic heterocycles. The fourth-order valence-electron chi connectivity index (χ4n) is 2.64. The Hall–Kier alpha value is -2.51. The van der Waals surface area contributed by atoms with Crippen LogP contribution in [0.2, 0.25) is 0 Å². The third-order valence-corrected chi connectivity index (χ3v) is 4.17. The Morgan fingerprint density at radius 2 is 1.21 bits per heavy atom. The first kappa shape index (κ1) is 16.4. The van der Waals surface area contributed by atoms with Gasteiger partial charge in [0.1, 0.15) is 5.75 Å². The Bertz CT molecular complexity index is 806. The molecule has 0 fully saturated rings. The Kier molecular flexibility index (Phi) is 5.35. The molecule has 1 nitrogen and oxygen atoms in total. The van der Waals surface area contributed by atoms with Gasteiger partial charge < -0.3 is 4.74 Å². The van der Waals surface area contributed by atoms with Crippen LogP contribution in [0.5, 0.6) is 5.75 Å². The van der Waals surface area contributed by atoms with E-state index in [-0.39, 0.29) is 0 Å². The molecule has 0 atom stereocenters. The topological polar surface area (TPSA) is 9.23 Å². The van der Waals surface area contributed by atoms with Crippen molar-refractivity contribution in [1.29, 1.82) is 0 Å². The lowest BCUT2D eigenvalue weighted by Gasteiger charge is -2.13. The predicted molar refractivity (Wildman–Crippen MR) is 102 cm³/mol. The lowest BCUT2D eigenvalue weighted by molar-refractivity contribution is 0.340. The fourth-order valence-corrected chi connectivity index (χ4v) is 2.98. The molecule has 0 spiro atoms. The number of ether oxygens (including phenoxy) is 1. The van der Waals surface area contributed by atoms with Crippen LogP contribution in [0.1, 0.15) is 23.6 Å². The zero-order valence-corrected chi connectivity index (χ0v) is 14.3. The minimum atomic E-state index is 0.658. The third kappa shape index (κ3) is 3.69. The van der Waals surface area contributed by atoms with Crippen molar-refractivity contribution in [3.8, 4) is 5.75 Å². The molecule has 0 saturated heterocycles. The summed E-state index contributed by atoms with van der Waals surface area (Å²) in [5.41, 5.74) is 4.19. The summed E-state index contributed by atoms with van der Waals surface area (Å²) in [4.78, 5) is 0. The molecule has 0 N–H and O–H groups in total. The maximum Gasteiger partial charge on any atom is 0.119 e. The molecule has 0 heterocycles. The van der Waals surface area contributed by atoms with E-state index in [1.54, 1.807) is 0 Å². The van der Waals surface area contributed by atoms with Crippen LogP contribution in [0.15, 0.2) is 84.9 Å². The van der Waals surface area contributed by atoms with Crippen LogP contribution in [-0.4, -0.2) is 6.61 Å². The van der Waals surface area contributed by atoms with Gasteiger partial charge in [0.15, 0.2) is 0 Å². The largest absolute Gasteiger partial charge is 0.494 e. The van der Waals surface area contributed by atoms with Crippen LogP contribution < -0.4 is 4.74 Å². The van der Waals surface area contributed by atoms with Gasteiger partial charge in [-0.3, -0.25) is 0 Å². The van der Waals surface area contributed by atoms with Crippen molar-refractivity contribution in [2.24, 2.45) is 0 Å². The zero-order chi connectivity index (χ0) is 16.8. The minimum absolute atomic E-state index is 0.658. The summed E-state index contributed by atoms with van der Waals surface area (Å²) in [6.45, 7) is 2.64. The molecule has 0 unspecified atom stereocenters. The molecule has 3 aromatic rings. The second-order valence-electron chi connectivity index (χ2n) is 5.38. The molecule has 3 rings (SSSR count). The maximum atomic E-state index is 6.79. The Balaban J connectivity index is 2.13. The van der Waals surface area contributed by atoms with Crippen molar-refractivity contribution in [1.82, 2.24) is 0 Å². The van der Waals surface area contributed by atoms with Crippen molar-refractivity contribution < 1.29 is 4.74 Å². The molecule has 0 aliphatic heterocycles. The summed E-state index contributed by atoms with van der Waals surface area (Å²) in [7, 11) is 0. The van der Waals surface area contributed by atoms with Crippen molar-refractivity contribution in [3.05, 3.63) is 102 Å². The molecule has 120 valence electrons. The lowest BCUT2D eigenvalue weighted by atomic mass is 9.95. The van der Waals surface area contributed by atoms with E-state index in [1.807, 2.05) is 67.6 Å². The van der Waals surface area contributed by atoms with Gasteiger partial charge in [-0.1, -0.05) is 84.4 Å². The number of hydrogen-bond donors (Lipinski definition) is 0. The van der Waals surface area contributed by atoms with Crippen LogP contribution in [-0.2, 0) is 0 Å². The van der Waals surface area contributed by atoms with E-state index in [0.717, 1.165) is 33.0 Å². The van der Waals surface area contributed by atoms with Gasteiger partial charge in [-0.15, -0.1) is 0 Å². The monoisotopic (exact) mass is 334 g/mol. The van der Waals surface area contributed by atoms with Crippen molar-refractivity contribution in [2.45, 2.75) is 6.92 Å². The normalized spacial score (nSPS) is 11.8. The van der Waals surface area contributed by atoms with Crippen LogP contribution in [0.3, 0.4) is 0 Å². The van der Waals surface area contributed by atoms with Gasteiger partial charge in [-0.2, -0.15) is 0 Å². The summed E-state index contributed by atoms with van der Waals surface area (Å²) >= 11 is 6.79. The highest BCUT2D eigenvalue weighted by Gasteiger charge is 2.12. The van der Waals surface area contributed by atoms with E-state index in [2.05, 4.69) is 24.3 Å². The van der Waals surface area contributed by atoms with Crippen LogP contribution >= 0.6 is 11.6 Å². The number of halogens is 1. The molecule has 0 aliphatic carbocycles. The lowest BCUT2D eigenvalue weighted by Crippen LogP contribution is -1.94. The highest BCUT2D eigenvalue weighted by molar-refractivity contribution is 6.53. The van der Waals surface area contributed by atoms with Gasteiger partial charge in [0.05, 0.1) is 11.6 Å². The highest BCUT2D eigenvalue weighted by Crippen LogP contribution is 2.35. The average Bonchev–Trinajstić information content (AvgIpc) is 2.65. The molecule has 0 amide bonds.